The molecule has 0 spiro atoms. The Morgan fingerprint density at radius 3 is 2.80 bits per heavy atom. The topological polar surface area (TPSA) is 85.1 Å². The monoisotopic (exact) mass is 345 g/mol. The van der Waals surface area contributed by atoms with Gasteiger partial charge in [0.05, 0.1) is 12.7 Å². The third-order valence-corrected chi connectivity index (χ3v) is 4.57. The first kappa shape index (κ1) is 17.3. The summed E-state index contributed by atoms with van der Waals surface area (Å²) in [6, 6.07) is 5.34. The van der Waals surface area contributed by atoms with Gasteiger partial charge in [-0.25, -0.2) is 0 Å². The Kier molecular flexibility index (Phi) is 4.67. The maximum absolute atomic E-state index is 12.8. The van der Waals surface area contributed by atoms with E-state index >= 15 is 0 Å². The van der Waals surface area contributed by atoms with Crippen molar-refractivity contribution in [3.05, 3.63) is 35.2 Å². The van der Waals surface area contributed by atoms with Gasteiger partial charge in [0.15, 0.2) is 5.88 Å². The number of carbonyl (C=O) groups is 2. The molecule has 0 bridgehead atoms. The van der Waals surface area contributed by atoms with E-state index in [0.717, 1.165) is 18.5 Å². The maximum Gasteiger partial charge on any atom is 0.262 e. The Morgan fingerprint density at radius 1 is 1.36 bits per heavy atom. The van der Waals surface area contributed by atoms with Crippen molar-refractivity contribution in [1.29, 1.82) is 0 Å². The summed E-state index contributed by atoms with van der Waals surface area (Å²) in [6.45, 7) is 1.18. The quantitative estimate of drug-likeness (QED) is 0.803. The van der Waals surface area contributed by atoms with Gasteiger partial charge in [0.1, 0.15) is 11.5 Å². The molecule has 3 rings (SSSR count). The molecule has 7 nitrogen and oxygen atoms in total. The standard InChI is InChI=1S/C18H23N3O4/c1-20(2)7-4-8-21-15(22)10-13-12-6-5-11(24-3)9-14(12)25-17(19)16(13)18(21)23/h5-6,9,13H,4,7-8,10,19H2,1-3H3. The first-order valence-corrected chi connectivity index (χ1v) is 8.27. The van der Waals surface area contributed by atoms with Crippen LogP contribution in [0.2, 0.25) is 0 Å². The van der Waals surface area contributed by atoms with Gasteiger partial charge in [0, 0.05) is 30.5 Å². The molecule has 1 atom stereocenters. The predicted octanol–water partition coefficient (Wildman–Crippen LogP) is 1.05. The molecule has 0 radical (unpaired) electrons. The predicted molar refractivity (Wildman–Crippen MR) is 92.1 cm³/mol. The number of hydrogen-bond donors (Lipinski definition) is 1. The van der Waals surface area contributed by atoms with Crippen LogP contribution in [0, 0.1) is 0 Å². The molecule has 1 aromatic rings. The molecule has 7 heteroatoms. The van der Waals surface area contributed by atoms with Crippen molar-refractivity contribution in [3.63, 3.8) is 0 Å². The number of ether oxygens (including phenoxy) is 2. The number of fused-ring (bicyclic) bond motifs is 3. The molecule has 1 saturated heterocycles. The number of nitrogens with zero attached hydrogens (tertiary/aromatic N) is 2. The molecule has 2 N–H and O–H groups in total. The number of piperidine rings is 1. The summed E-state index contributed by atoms with van der Waals surface area (Å²) in [5.41, 5.74) is 7.19. The number of methoxy groups -OCH3 is 1. The van der Waals surface area contributed by atoms with Gasteiger partial charge in [-0.3, -0.25) is 14.5 Å². The summed E-state index contributed by atoms with van der Waals surface area (Å²) in [6.07, 6.45) is 0.934. The minimum absolute atomic E-state index is 0.0702. The summed E-state index contributed by atoms with van der Waals surface area (Å²) in [4.78, 5) is 28.7. The van der Waals surface area contributed by atoms with Gasteiger partial charge in [-0.05, 0) is 33.1 Å². The van der Waals surface area contributed by atoms with Crippen LogP contribution >= 0.6 is 0 Å². The average molecular weight is 345 g/mol. The van der Waals surface area contributed by atoms with Gasteiger partial charge >= 0.3 is 0 Å². The zero-order valence-corrected chi connectivity index (χ0v) is 14.7. The molecular weight excluding hydrogens is 322 g/mol. The summed E-state index contributed by atoms with van der Waals surface area (Å²) in [5, 5.41) is 0. The van der Waals surface area contributed by atoms with Crippen molar-refractivity contribution < 1.29 is 19.1 Å². The number of rotatable bonds is 5. The molecule has 25 heavy (non-hydrogen) atoms. The van der Waals surface area contributed by atoms with Crippen molar-refractivity contribution in [2.75, 3.05) is 34.3 Å². The molecule has 1 fully saturated rings. The molecule has 134 valence electrons. The fourth-order valence-electron chi connectivity index (χ4n) is 3.30. The van der Waals surface area contributed by atoms with Crippen LogP contribution in [0.3, 0.4) is 0 Å². The smallest absolute Gasteiger partial charge is 0.262 e. The van der Waals surface area contributed by atoms with E-state index < -0.39 is 0 Å². The van der Waals surface area contributed by atoms with Crippen LogP contribution < -0.4 is 15.2 Å². The highest BCUT2D eigenvalue weighted by Gasteiger charge is 2.43. The molecule has 2 heterocycles. The number of carbonyl (C=O) groups excluding carboxylic acids is 2. The zero-order valence-electron chi connectivity index (χ0n) is 14.7. The highest BCUT2D eigenvalue weighted by molar-refractivity contribution is 6.09. The fraction of sp³-hybridized carbons (Fsp3) is 0.444. The lowest BCUT2D eigenvalue weighted by atomic mass is 9.82. The lowest BCUT2D eigenvalue weighted by molar-refractivity contribution is -0.145. The van der Waals surface area contributed by atoms with Crippen molar-refractivity contribution in [1.82, 2.24) is 9.80 Å². The van der Waals surface area contributed by atoms with Crippen LogP contribution in [0.25, 0.3) is 0 Å². The van der Waals surface area contributed by atoms with Crippen LogP contribution in [0.15, 0.2) is 29.7 Å². The van der Waals surface area contributed by atoms with Crippen molar-refractivity contribution >= 4 is 11.8 Å². The van der Waals surface area contributed by atoms with Crippen LogP contribution in [0.4, 0.5) is 0 Å². The second-order valence-corrected chi connectivity index (χ2v) is 6.55. The SMILES string of the molecule is COc1ccc2c(c1)OC(N)=C1C(=O)N(CCCN(C)C)C(=O)CC12. The van der Waals surface area contributed by atoms with Crippen LogP contribution in [-0.4, -0.2) is 55.9 Å². The Hall–Kier alpha value is -2.54. The second-order valence-electron chi connectivity index (χ2n) is 6.55. The van der Waals surface area contributed by atoms with E-state index in [2.05, 4.69) is 0 Å². The van der Waals surface area contributed by atoms with E-state index in [1.54, 1.807) is 19.2 Å². The van der Waals surface area contributed by atoms with Crippen LogP contribution in [-0.2, 0) is 9.59 Å². The lowest BCUT2D eigenvalue weighted by Gasteiger charge is -2.36. The number of hydrogen-bond acceptors (Lipinski definition) is 6. The Morgan fingerprint density at radius 2 is 2.12 bits per heavy atom. The number of benzene rings is 1. The average Bonchev–Trinajstić information content (AvgIpc) is 2.56. The number of nitrogens with two attached hydrogens (primary N) is 1. The van der Waals surface area contributed by atoms with Crippen molar-refractivity contribution in [2.45, 2.75) is 18.8 Å². The number of amides is 2. The van der Waals surface area contributed by atoms with E-state index in [4.69, 9.17) is 15.2 Å². The molecule has 0 aliphatic carbocycles. The highest BCUT2D eigenvalue weighted by Crippen LogP contribution is 2.44. The Balaban J connectivity index is 1.87. The maximum atomic E-state index is 12.8. The Labute approximate surface area is 147 Å². The van der Waals surface area contributed by atoms with E-state index in [1.807, 2.05) is 25.1 Å². The van der Waals surface area contributed by atoms with Crippen LogP contribution in [0.5, 0.6) is 11.5 Å². The largest absolute Gasteiger partial charge is 0.497 e. The molecule has 1 aromatic carbocycles. The number of likely N-dealkylation sites (tertiary alicyclic amines) is 1. The third kappa shape index (κ3) is 3.19. The normalized spacial score (nSPS) is 19.7. The van der Waals surface area contributed by atoms with Gasteiger partial charge in [-0.2, -0.15) is 0 Å². The van der Waals surface area contributed by atoms with E-state index in [9.17, 15) is 9.59 Å². The molecular formula is C18H23N3O4. The van der Waals surface area contributed by atoms with Gasteiger partial charge in [-0.15, -0.1) is 0 Å². The highest BCUT2D eigenvalue weighted by atomic mass is 16.5. The molecule has 0 saturated carbocycles. The molecule has 1 unspecified atom stereocenters. The molecule has 2 aliphatic heterocycles. The van der Waals surface area contributed by atoms with Crippen molar-refractivity contribution in [3.8, 4) is 11.5 Å². The second kappa shape index (κ2) is 6.76. The van der Waals surface area contributed by atoms with E-state index in [0.29, 0.717) is 23.6 Å². The fourth-order valence-corrected chi connectivity index (χ4v) is 3.30. The summed E-state index contributed by atoms with van der Waals surface area (Å²) >= 11 is 0. The first-order valence-electron chi connectivity index (χ1n) is 8.27. The third-order valence-electron chi connectivity index (χ3n) is 4.57. The van der Waals surface area contributed by atoms with Crippen molar-refractivity contribution in [2.24, 2.45) is 5.73 Å². The van der Waals surface area contributed by atoms with E-state index in [-0.39, 0.29) is 30.0 Å². The molecule has 2 aliphatic rings. The van der Waals surface area contributed by atoms with Gasteiger partial charge in [-0.1, -0.05) is 6.07 Å². The van der Waals surface area contributed by atoms with Crippen LogP contribution in [0.1, 0.15) is 24.3 Å². The summed E-state index contributed by atoms with van der Waals surface area (Å²) in [5.74, 6) is 0.356. The lowest BCUT2D eigenvalue weighted by Crippen LogP contribution is -2.47. The minimum Gasteiger partial charge on any atom is -0.497 e. The zero-order chi connectivity index (χ0) is 18.1. The minimum atomic E-state index is -0.361. The van der Waals surface area contributed by atoms with Gasteiger partial charge < -0.3 is 20.1 Å². The van der Waals surface area contributed by atoms with E-state index in [1.165, 1.54) is 4.90 Å². The number of imide groups is 1. The Bertz CT molecular complexity index is 742. The summed E-state index contributed by atoms with van der Waals surface area (Å²) < 4.78 is 10.8. The molecule has 2 amide bonds. The van der Waals surface area contributed by atoms with Gasteiger partial charge in [0.25, 0.3) is 5.91 Å². The molecule has 0 aromatic heterocycles. The first-order chi connectivity index (χ1) is 11.9. The van der Waals surface area contributed by atoms with Gasteiger partial charge in [0.2, 0.25) is 5.91 Å². The summed E-state index contributed by atoms with van der Waals surface area (Å²) in [7, 11) is 5.47.